The molecule has 1 fully saturated rings. The summed E-state index contributed by atoms with van der Waals surface area (Å²) < 4.78 is 45.8. The second-order valence-corrected chi connectivity index (χ2v) is 9.57. The number of carbonyl (C=O) groups is 2. The number of likely N-dealkylation sites (tertiary alicyclic amines) is 1. The van der Waals surface area contributed by atoms with Crippen molar-refractivity contribution in [3.63, 3.8) is 0 Å². The SMILES string of the molecule is COc1cc(C(F)(F)F)ccc1C(=O)NCc1ccc(-c2nn([C@@H]3CCCN(C(=O)O)C3)c3ncnc(N)c23)cc1. The maximum atomic E-state index is 13.0. The molecule has 0 radical (unpaired) electrons. The molecular weight excluding hydrogens is 543 g/mol. The van der Waals surface area contributed by atoms with Gasteiger partial charge in [-0.15, -0.1) is 0 Å². The average molecular weight is 570 g/mol. The molecule has 0 spiro atoms. The van der Waals surface area contributed by atoms with Crippen molar-refractivity contribution in [3.05, 3.63) is 65.5 Å². The topological polar surface area (TPSA) is 148 Å². The summed E-state index contributed by atoms with van der Waals surface area (Å²) in [5.74, 6) is -0.527. The third-order valence-electron chi connectivity index (χ3n) is 6.98. The third-order valence-corrected chi connectivity index (χ3v) is 6.98. The zero-order valence-electron chi connectivity index (χ0n) is 21.9. The van der Waals surface area contributed by atoms with Gasteiger partial charge in [0.25, 0.3) is 5.91 Å². The van der Waals surface area contributed by atoms with E-state index >= 15 is 0 Å². The number of nitrogens with two attached hydrogens (primary N) is 1. The Kier molecular flexibility index (Phi) is 7.39. The smallest absolute Gasteiger partial charge is 0.416 e. The largest absolute Gasteiger partial charge is 0.496 e. The highest BCUT2D eigenvalue weighted by atomic mass is 19.4. The number of nitrogen functional groups attached to an aromatic ring is 1. The number of halogens is 3. The van der Waals surface area contributed by atoms with Crippen molar-refractivity contribution in [2.24, 2.45) is 0 Å². The lowest BCUT2D eigenvalue weighted by atomic mass is 10.1. The molecule has 1 aliphatic heterocycles. The Hall–Kier alpha value is -4.88. The van der Waals surface area contributed by atoms with Crippen molar-refractivity contribution < 1.29 is 32.6 Å². The lowest BCUT2D eigenvalue weighted by molar-refractivity contribution is -0.137. The number of hydrogen-bond acceptors (Lipinski definition) is 7. The van der Waals surface area contributed by atoms with E-state index in [2.05, 4.69) is 15.3 Å². The molecule has 4 aromatic rings. The molecule has 2 amide bonds. The Balaban J connectivity index is 1.36. The fourth-order valence-corrected chi connectivity index (χ4v) is 4.89. The predicted molar refractivity (Wildman–Crippen MR) is 142 cm³/mol. The molecule has 2 aromatic heterocycles. The molecular formula is C27H26F3N7O4. The minimum atomic E-state index is -4.56. The van der Waals surface area contributed by atoms with Crippen molar-refractivity contribution in [1.29, 1.82) is 0 Å². The number of benzene rings is 2. The number of carbonyl (C=O) groups excluding carboxylic acids is 1. The van der Waals surface area contributed by atoms with Gasteiger partial charge in [0.1, 0.15) is 23.6 Å². The van der Waals surface area contributed by atoms with E-state index in [0.717, 1.165) is 30.2 Å². The van der Waals surface area contributed by atoms with Crippen LogP contribution in [-0.4, -0.2) is 62.0 Å². The molecule has 0 unspecified atom stereocenters. The molecule has 214 valence electrons. The number of fused-ring (bicyclic) bond motifs is 1. The molecule has 0 aliphatic carbocycles. The maximum absolute atomic E-state index is 13.0. The Morgan fingerprint density at radius 2 is 1.93 bits per heavy atom. The van der Waals surface area contributed by atoms with E-state index in [1.54, 1.807) is 28.9 Å². The summed E-state index contributed by atoms with van der Waals surface area (Å²) in [6, 6.07) is 9.62. The summed E-state index contributed by atoms with van der Waals surface area (Å²) in [6.07, 6.45) is -2.79. The highest BCUT2D eigenvalue weighted by Gasteiger charge is 2.32. The Morgan fingerprint density at radius 1 is 1.17 bits per heavy atom. The predicted octanol–water partition coefficient (Wildman–Crippen LogP) is 4.35. The zero-order chi connectivity index (χ0) is 29.3. The zero-order valence-corrected chi connectivity index (χ0v) is 21.9. The summed E-state index contributed by atoms with van der Waals surface area (Å²) in [7, 11) is 1.20. The lowest BCUT2D eigenvalue weighted by Gasteiger charge is -2.30. The van der Waals surface area contributed by atoms with E-state index < -0.39 is 23.7 Å². The molecule has 41 heavy (non-hydrogen) atoms. The van der Waals surface area contributed by atoms with Crippen LogP contribution in [0.1, 0.15) is 40.4 Å². The minimum absolute atomic E-state index is 0.0196. The number of nitrogens with zero attached hydrogens (tertiary/aromatic N) is 5. The van der Waals surface area contributed by atoms with Gasteiger partial charge in [0.15, 0.2) is 5.65 Å². The third kappa shape index (κ3) is 5.58. The molecule has 2 aromatic carbocycles. The van der Waals surface area contributed by atoms with Crippen LogP contribution in [0.25, 0.3) is 22.3 Å². The summed E-state index contributed by atoms with van der Waals surface area (Å²) in [4.78, 5) is 34.1. The number of hydrogen-bond donors (Lipinski definition) is 3. The molecule has 1 atom stereocenters. The van der Waals surface area contributed by atoms with Crippen molar-refractivity contribution in [3.8, 4) is 17.0 Å². The number of methoxy groups -OCH3 is 1. The number of aromatic nitrogens is 4. The number of rotatable bonds is 6. The number of carboxylic acid groups (broad SMARTS) is 1. The second kappa shape index (κ2) is 10.9. The van der Waals surface area contributed by atoms with Crippen LogP contribution in [0, 0.1) is 0 Å². The van der Waals surface area contributed by atoms with E-state index in [0.29, 0.717) is 35.3 Å². The number of piperidine rings is 1. The normalized spacial score (nSPS) is 15.6. The Bertz CT molecular complexity index is 1610. The maximum Gasteiger partial charge on any atom is 0.416 e. The average Bonchev–Trinajstić information content (AvgIpc) is 3.36. The van der Waals surface area contributed by atoms with Crippen molar-refractivity contribution in [1.82, 2.24) is 30.0 Å². The van der Waals surface area contributed by atoms with Crippen LogP contribution >= 0.6 is 0 Å². The quantitative estimate of drug-likeness (QED) is 0.310. The first-order valence-corrected chi connectivity index (χ1v) is 12.7. The fourth-order valence-electron chi connectivity index (χ4n) is 4.89. The van der Waals surface area contributed by atoms with E-state index in [1.807, 2.05) is 0 Å². The van der Waals surface area contributed by atoms with Crippen LogP contribution in [0.5, 0.6) is 5.75 Å². The standard InChI is InChI=1S/C27H26F3N7O4/c1-41-20-11-17(27(28,29)30)8-9-19(20)25(38)32-12-15-4-6-16(7-5-15)22-21-23(31)33-14-34-24(21)37(35-22)18-3-2-10-36(13-18)26(39)40/h4-9,11,14,18H,2-3,10,12-13H2,1H3,(H,32,38)(H,39,40)(H2,31,33,34)/t18-/m1/s1. The lowest BCUT2D eigenvalue weighted by Crippen LogP contribution is -2.40. The van der Waals surface area contributed by atoms with Gasteiger partial charge in [0.2, 0.25) is 0 Å². The number of ether oxygens (including phenoxy) is 1. The van der Waals surface area contributed by atoms with Gasteiger partial charge in [-0.3, -0.25) is 4.79 Å². The monoisotopic (exact) mass is 569 g/mol. The van der Waals surface area contributed by atoms with Crippen LogP contribution in [0.15, 0.2) is 48.8 Å². The summed E-state index contributed by atoms with van der Waals surface area (Å²) in [5, 5.41) is 17.5. The van der Waals surface area contributed by atoms with Crippen molar-refractivity contribution >= 4 is 28.9 Å². The van der Waals surface area contributed by atoms with Gasteiger partial charge in [0, 0.05) is 25.2 Å². The molecule has 11 nitrogen and oxygen atoms in total. The molecule has 4 N–H and O–H groups in total. The van der Waals surface area contributed by atoms with Crippen molar-refractivity contribution in [2.75, 3.05) is 25.9 Å². The van der Waals surface area contributed by atoms with Gasteiger partial charge < -0.3 is 25.8 Å². The van der Waals surface area contributed by atoms with E-state index in [9.17, 15) is 27.9 Å². The van der Waals surface area contributed by atoms with Gasteiger partial charge in [-0.05, 0) is 36.6 Å². The first kappa shape index (κ1) is 27.7. The number of alkyl halides is 3. The number of amides is 2. The van der Waals surface area contributed by atoms with Crippen molar-refractivity contribution in [2.45, 2.75) is 31.6 Å². The first-order chi connectivity index (χ1) is 19.6. The number of nitrogens with one attached hydrogen (secondary N) is 1. The first-order valence-electron chi connectivity index (χ1n) is 12.7. The molecule has 1 aliphatic rings. The highest BCUT2D eigenvalue weighted by Crippen LogP contribution is 2.35. The van der Waals surface area contributed by atoms with E-state index in [4.69, 9.17) is 15.6 Å². The second-order valence-electron chi connectivity index (χ2n) is 9.57. The van der Waals surface area contributed by atoms with Gasteiger partial charge in [-0.2, -0.15) is 18.3 Å². The van der Waals surface area contributed by atoms with Crippen LogP contribution in [0.3, 0.4) is 0 Å². The van der Waals surface area contributed by atoms with Crippen LogP contribution in [0.2, 0.25) is 0 Å². The Morgan fingerprint density at radius 3 is 2.61 bits per heavy atom. The molecule has 5 rings (SSSR count). The van der Waals surface area contributed by atoms with Crippen LogP contribution < -0.4 is 15.8 Å². The summed E-state index contributed by atoms with van der Waals surface area (Å²) in [6.45, 7) is 0.841. The number of anilines is 1. The van der Waals surface area contributed by atoms with Crippen LogP contribution in [0.4, 0.5) is 23.8 Å². The van der Waals surface area contributed by atoms with Gasteiger partial charge in [-0.25, -0.2) is 19.4 Å². The van der Waals surface area contributed by atoms with E-state index in [-0.39, 0.29) is 36.3 Å². The molecule has 3 heterocycles. The molecule has 0 saturated carbocycles. The fraction of sp³-hybridized carbons (Fsp3) is 0.296. The van der Waals surface area contributed by atoms with E-state index in [1.165, 1.54) is 18.3 Å². The minimum Gasteiger partial charge on any atom is -0.496 e. The molecule has 14 heteroatoms. The molecule has 1 saturated heterocycles. The van der Waals surface area contributed by atoms with Gasteiger partial charge >= 0.3 is 12.3 Å². The van der Waals surface area contributed by atoms with Gasteiger partial charge in [0.05, 0.1) is 29.7 Å². The van der Waals surface area contributed by atoms with Gasteiger partial charge in [-0.1, -0.05) is 24.3 Å². The molecule has 0 bridgehead atoms. The summed E-state index contributed by atoms with van der Waals surface area (Å²) >= 11 is 0. The summed E-state index contributed by atoms with van der Waals surface area (Å²) in [5.41, 5.74) is 7.75. The van der Waals surface area contributed by atoms with Crippen LogP contribution in [-0.2, 0) is 12.7 Å². The highest BCUT2D eigenvalue weighted by molar-refractivity contribution is 5.98. The Labute approximate surface area is 231 Å².